The average molecular weight is 431 g/mol. The molecule has 1 unspecified atom stereocenters. The number of aromatic hydroxyl groups is 1. The van der Waals surface area contributed by atoms with Crippen LogP contribution in [0.1, 0.15) is 25.3 Å². The van der Waals surface area contributed by atoms with Gasteiger partial charge < -0.3 is 19.8 Å². The fourth-order valence-corrected chi connectivity index (χ4v) is 4.60. The Kier molecular flexibility index (Phi) is 5.27. The first-order valence-corrected chi connectivity index (χ1v) is 11.0. The summed E-state index contributed by atoms with van der Waals surface area (Å²) in [6.45, 7) is 3.45. The van der Waals surface area contributed by atoms with E-state index in [1.54, 1.807) is 25.4 Å². The summed E-state index contributed by atoms with van der Waals surface area (Å²) in [5.41, 5.74) is 3.50. The first-order valence-electron chi connectivity index (χ1n) is 11.0. The zero-order valence-electron chi connectivity index (χ0n) is 18.2. The highest BCUT2D eigenvalue weighted by atomic mass is 16.5. The van der Waals surface area contributed by atoms with Gasteiger partial charge in [-0.1, -0.05) is 25.1 Å². The van der Waals surface area contributed by atoms with E-state index in [1.807, 2.05) is 18.2 Å². The molecule has 4 aromatic rings. The number of nitrogens with zero attached hydrogens (tertiary/aromatic N) is 4. The monoisotopic (exact) mass is 430 g/mol. The van der Waals surface area contributed by atoms with E-state index in [2.05, 4.69) is 27.9 Å². The number of β-amino-alcohol motifs (C(OH)–C–C–N with tert-alkyl or cyclic N) is 1. The zero-order chi connectivity index (χ0) is 22.2. The second-order valence-corrected chi connectivity index (χ2v) is 8.22. The van der Waals surface area contributed by atoms with Gasteiger partial charge in [-0.3, -0.25) is 4.98 Å². The zero-order valence-corrected chi connectivity index (χ0v) is 18.2. The van der Waals surface area contributed by atoms with Crippen molar-refractivity contribution in [3.05, 3.63) is 48.2 Å². The second-order valence-electron chi connectivity index (χ2n) is 8.22. The predicted octanol–water partition coefficient (Wildman–Crippen LogP) is 4.08. The van der Waals surface area contributed by atoms with Crippen molar-refractivity contribution in [2.24, 2.45) is 0 Å². The van der Waals surface area contributed by atoms with Gasteiger partial charge in [0.05, 0.1) is 29.8 Å². The molecule has 0 amide bonds. The number of aliphatic hydroxyl groups is 1. The molecule has 1 saturated heterocycles. The fourth-order valence-electron chi connectivity index (χ4n) is 4.60. The minimum Gasteiger partial charge on any atom is -0.508 e. The van der Waals surface area contributed by atoms with Crippen LogP contribution in [0, 0.1) is 0 Å². The lowest BCUT2D eigenvalue weighted by atomic mass is 9.95. The molecule has 3 heterocycles. The minimum atomic E-state index is -0.377. The standard InChI is InChI=1S/C25H26N4O3/c1-3-15-6-4-7-16-10-18(31)11-19(23(15)16)21-12-22-20(13-26-21)24(28-25(27-22)32-2)29-9-5-8-17(30)14-29/h4,6-7,10-13,17,30-31H,3,5,8-9,14H2,1-2H3. The van der Waals surface area contributed by atoms with Crippen LogP contribution >= 0.6 is 0 Å². The number of pyridine rings is 1. The van der Waals surface area contributed by atoms with Crippen molar-refractivity contribution in [1.29, 1.82) is 0 Å². The largest absolute Gasteiger partial charge is 0.508 e. The summed E-state index contributed by atoms with van der Waals surface area (Å²) in [5.74, 6) is 0.922. The molecule has 2 N–H and O–H groups in total. The van der Waals surface area contributed by atoms with E-state index in [-0.39, 0.29) is 17.9 Å². The van der Waals surface area contributed by atoms with E-state index < -0.39 is 0 Å². The third-order valence-corrected chi connectivity index (χ3v) is 6.12. The van der Waals surface area contributed by atoms with Gasteiger partial charge in [0.2, 0.25) is 0 Å². The van der Waals surface area contributed by atoms with Crippen LogP contribution in [-0.2, 0) is 6.42 Å². The van der Waals surface area contributed by atoms with Crippen molar-refractivity contribution in [2.75, 3.05) is 25.1 Å². The van der Waals surface area contributed by atoms with Crippen molar-refractivity contribution < 1.29 is 14.9 Å². The quantitative estimate of drug-likeness (QED) is 0.504. The maximum atomic E-state index is 10.4. The highest BCUT2D eigenvalue weighted by Gasteiger charge is 2.23. The average Bonchev–Trinajstić information content (AvgIpc) is 2.81. The van der Waals surface area contributed by atoms with Crippen molar-refractivity contribution in [3.63, 3.8) is 0 Å². The highest BCUT2D eigenvalue weighted by Crippen LogP contribution is 2.36. The van der Waals surface area contributed by atoms with Crippen molar-refractivity contribution in [1.82, 2.24) is 15.0 Å². The number of rotatable bonds is 4. The Morgan fingerprint density at radius 2 is 2.06 bits per heavy atom. The van der Waals surface area contributed by atoms with Crippen LogP contribution in [-0.4, -0.2) is 51.5 Å². The predicted molar refractivity (Wildman–Crippen MR) is 125 cm³/mol. The summed E-state index contributed by atoms with van der Waals surface area (Å²) >= 11 is 0. The molecule has 2 aromatic carbocycles. The number of ether oxygens (including phenoxy) is 1. The summed E-state index contributed by atoms with van der Waals surface area (Å²) in [4.78, 5) is 16.0. The number of piperidine rings is 1. The van der Waals surface area contributed by atoms with E-state index >= 15 is 0 Å². The number of phenols is 1. The molecular weight excluding hydrogens is 404 g/mol. The number of aromatic nitrogens is 3. The van der Waals surface area contributed by atoms with E-state index in [9.17, 15) is 10.2 Å². The summed E-state index contributed by atoms with van der Waals surface area (Å²) in [7, 11) is 1.55. The molecule has 1 aliphatic rings. The molecule has 7 nitrogen and oxygen atoms in total. The Bertz CT molecular complexity index is 1310. The number of hydrogen-bond donors (Lipinski definition) is 2. The van der Waals surface area contributed by atoms with Gasteiger partial charge in [0.25, 0.3) is 0 Å². The van der Waals surface area contributed by atoms with Crippen LogP contribution in [0.2, 0.25) is 0 Å². The maximum absolute atomic E-state index is 10.4. The van der Waals surface area contributed by atoms with Gasteiger partial charge in [-0.2, -0.15) is 9.97 Å². The summed E-state index contributed by atoms with van der Waals surface area (Å²) in [6.07, 6.45) is 3.97. The van der Waals surface area contributed by atoms with Crippen molar-refractivity contribution in [2.45, 2.75) is 32.3 Å². The summed E-state index contributed by atoms with van der Waals surface area (Å²) in [5, 5.41) is 23.4. The van der Waals surface area contributed by atoms with Gasteiger partial charge in [0.1, 0.15) is 11.6 Å². The molecule has 32 heavy (non-hydrogen) atoms. The number of benzene rings is 2. The van der Waals surface area contributed by atoms with Crippen LogP contribution < -0.4 is 9.64 Å². The lowest BCUT2D eigenvalue weighted by molar-refractivity contribution is 0.154. The van der Waals surface area contributed by atoms with Gasteiger partial charge in [-0.15, -0.1) is 0 Å². The van der Waals surface area contributed by atoms with Crippen molar-refractivity contribution in [3.8, 4) is 23.0 Å². The van der Waals surface area contributed by atoms with Crippen LogP contribution in [0.15, 0.2) is 42.6 Å². The normalized spacial score (nSPS) is 16.6. The first kappa shape index (κ1) is 20.5. The minimum absolute atomic E-state index is 0.200. The summed E-state index contributed by atoms with van der Waals surface area (Å²) < 4.78 is 5.38. The van der Waals surface area contributed by atoms with Crippen LogP contribution in [0.5, 0.6) is 11.8 Å². The molecule has 5 rings (SSSR count). The highest BCUT2D eigenvalue weighted by molar-refractivity contribution is 6.01. The molecule has 0 bridgehead atoms. The van der Waals surface area contributed by atoms with E-state index in [1.165, 1.54) is 5.56 Å². The Hall–Kier alpha value is -3.45. The number of phenolic OH excluding ortho intramolecular Hbond substituents is 1. The van der Waals surface area contributed by atoms with Gasteiger partial charge >= 0.3 is 6.01 Å². The van der Waals surface area contributed by atoms with Gasteiger partial charge in [-0.25, -0.2) is 0 Å². The first-order chi connectivity index (χ1) is 15.6. The van der Waals surface area contributed by atoms with Gasteiger partial charge in [0.15, 0.2) is 0 Å². The Balaban J connectivity index is 1.71. The molecule has 1 atom stereocenters. The Labute approximate surface area is 186 Å². The van der Waals surface area contributed by atoms with Crippen LogP contribution in [0.4, 0.5) is 5.82 Å². The third kappa shape index (κ3) is 3.58. The topological polar surface area (TPSA) is 91.6 Å². The molecule has 1 fully saturated rings. The fraction of sp³-hybridized carbons (Fsp3) is 0.320. The molecular formula is C25H26N4O3. The molecule has 0 radical (unpaired) electrons. The molecule has 0 saturated carbocycles. The Morgan fingerprint density at radius 3 is 2.84 bits per heavy atom. The Morgan fingerprint density at radius 1 is 1.19 bits per heavy atom. The maximum Gasteiger partial charge on any atom is 0.318 e. The molecule has 0 spiro atoms. The molecule has 1 aliphatic heterocycles. The number of fused-ring (bicyclic) bond motifs is 2. The third-order valence-electron chi connectivity index (χ3n) is 6.12. The van der Waals surface area contributed by atoms with E-state index in [0.717, 1.165) is 59.0 Å². The summed E-state index contributed by atoms with van der Waals surface area (Å²) in [6, 6.07) is 11.9. The number of anilines is 1. The van der Waals surface area contributed by atoms with Crippen LogP contribution in [0.25, 0.3) is 32.9 Å². The SMILES string of the molecule is CCc1cccc2cc(O)cc(-c3cc4nc(OC)nc(N5CCCC(O)C5)c4cn3)c12. The van der Waals surface area contributed by atoms with Crippen molar-refractivity contribution >= 4 is 27.5 Å². The van der Waals surface area contributed by atoms with Gasteiger partial charge in [0, 0.05) is 24.8 Å². The smallest absolute Gasteiger partial charge is 0.318 e. The number of methoxy groups -OCH3 is 1. The van der Waals surface area contributed by atoms with E-state index in [0.29, 0.717) is 12.1 Å². The number of aryl methyl sites for hydroxylation is 1. The van der Waals surface area contributed by atoms with E-state index in [4.69, 9.17) is 9.72 Å². The molecule has 0 aliphatic carbocycles. The lowest BCUT2D eigenvalue weighted by Crippen LogP contribution is -2.38. The molecule has 2 aromatic heterocycles. The second kappa shape index (κ2) is 8.24. The van der Waals surface area contributed by atoms with Gasteiger partial charge in [-0.05, 0) is 53.8 Å². The molecule has 164 valence electrons. The number of hydrogen-bond acceptors (Lipinski definition) is 7. The van der Waals surface area contributed by atoms with Crippen LogP contribution in [0.3, 0.4) is 0 Å². The number of aliphatic hydroxyl groups excluding tert-OH is 1. The lowest BCUT2D eigenvalue weighted by Gasteiger charge is -2.31. The molecule has 7 heteroatoms.